The van der Waals surface area contributed by atoms with Crippen molar-refractivity contribution in [3.05, 3.63) is 35.4 Å². The van der Waals surface area contributed by atoms with Crippen LogP contribution in [0.3, 0.4) is 0 Å². The number of rotatable bonds is 3. The number of nitrogens with two attached hydrogens (primary N) is 1. The van der Waals surface area contributed by atoms with Crippen molar-refractivity contribution in [2.75, 3.05) is 20.1 Å². The van der Waals surface area contributed by atoms with Crippen molar-refractivity contribution in [2.24, 2.45) is 5.73 Å². The van der Waals surface area contributed by atoms with Gasteiger partial charge in [0.1, 0.15) is 0 Å². The zero-order chi connectivity index (χ0) is 13.0. The van der Waals surface area contributed by atoms with E-state index in [9.17, 15) is 0 Å². The Labute approximate surface area is 111 Å². The van der Waals surface area contributed by atoms with Crippen LogP contribution in [0.1, 0.15) is 43.2 Å². The van der Waals surface area contributed by atoms with Crippen molar-refractivity contribution in [3.8, 4) is 0 Å². The van der Waals surface area contributed by atoms with Gasteiger partial charge in [-0.3, -0.25) is 0 Å². The molecule has 2 nitrogen and oxygen atoms in total. The Balaban J connectivity index is 2.15. The molecule has 1 aliphatic rings. The van der Waals surface area contributed by atoms with E-state index in [4.69, 9.17) is 5.73 Å². The van der Waals surface area contributed by atoms with Crippen LogP contribution in [0.25, 0.3) is 0 Å². The Morgan fingerprint density at radius 2 is 2.06 bits per heavy atom. The fraction of sp³-hybridized carbons (Fsp3) is 0.625. The van der Waals surface area contributed by atoms with Crippen molar-refractivity contribution in [2.45, 2.75) is 44.6 Å². The SMILES string of the molecule is CC(N)Cc1ccccc1C1CCCN(C)CC1. The molecule has 2 N–H and O–H groups in total. The molecule has 1 fully saturated rings. The Kier molecular flexibility index (Phi) is 4.79. The average molecular weight is 246 g/mol. The maximum atomic E-state index is 5.97. The standard InChI is InChI=1S/C16H26N2/c1-13(17)12-15-6-3-4-8-16(15)14-7-5-10-18(2)11-9-14/h3-4,6,8,13-14H,5,7,9-12,17H2,1-2H3. The summed E-state index contributed by atoms with van der Waals surface area (Å²) in [7, 11) is 2.23. The average Bonchev–Trinajstić information content (AvgIpc) is 2.54. The van der Waals surface area contributed by atoms with Gasteiger partial charge in [0.2, 0.25) is 0 Å². The van der Waals surface area contributed by atoms with Gasteiger partial charge in [0.25, 0.3) is 0 Å². The fourth-order valence-corrected chi connectivity index (χ4v) is 3.02. The molecule has 0 amide bonds. The third kappa shape index (κ3) is 3.56. The van der Waals surface area contributed by atoms with E-state index in [1.54, 1.807) is 5.56 Å². The van der Waals surface area contributed by atoms with Crippen molar-refractivity contribution >= 4 is 0 Å². The number of benzene rings is 1. The largest absolute Gasteiger partial charge is 0.328 e. The lowest BCUT2D eigenvalue weighted by atomic mass is 9.87. The predicted molar refractivity (Wildman–Crippen MR) is 77.9 cm³/mol. The number of hydrogen-bond donors (Lipinski definition) is 1. The van der Waals surface area contributed by atoms with Crippen LogP contribution in [-0.2, 0) is 6.42 Å². The third-order valence-electron chi connectivity index (χ3n) is 3.99. The van der Waals surface area contributed by atoms with Gasteiger partial charge in [-0.15, -0.1) is 0 Å². The number of hydrogen-bond acceptors (Lipinski definition) is 2. The lowest BCUT2D eigenvalue weighted by Gasteiger charge is -2.20. The fourth-order valence-electron chi connectivity index (χ4n) is 3.02. The second-order valence-electron chi connectivity index (χ2n) is 5.81. The van der Waals surface area contributed by atoms with Gasteiger partial charge in [-0.1, -0.05) is 24.3 Å². The first kappa shape index (κ1) is 13.6. The molecule has 100 valence electrons. The highest BCUT2D eigenvalue weighted by atomic mass is 15.1. The van der Waals surface area contributed by atoms with Crippen LogP contribution in [0.2, 0.25) is 0 Å². The van der Waals surface area contributed by atoms with Gasteiger partial charge in [0.15, 0.2) is 0 Å². The van der Waals surface area contributed by atoms with Gasteiger partial charge >= 0.3 is 0 Å². The van der Waals surface area contributed by atoms with E-state index in [2.05, 4.69) is 43.1 Å². The van der Waals surface area contributed by atoms with Crippen LogP contribution in [-0.4, -0.2) is 31.1 Å². The van der Waals surface area contributed by atoms with Crippen LogP contribution in [0.4, 0.5) is 0 Å². The molecule has 2 heteroatoms. The number of nitrogens with zero attached hydrogens (tertiary/aromatic N) is 1. The highest BCUT2D eigenvalue weighted by Crippen LogP contribution is 2.30. The Hall–Kier alpha value is -0.860. The van der Waals surface area contributed by atoms with Crippen LogP contribution >= 0.6 is 0 Å². The van der Waals surface area contributed by atoms with Gasteiger partial charge in [-0.05, 0) is 69.8 Å². The van der Waals surface area contributed by atoms with Gasteiger partial charge in [-0.2, -0.15) is 0 Å². The van der Waals surface area contributed by atoms with Crippen molar-refractivity contribution < 1.29 is 0 Å². The summed E-state index contributed by atoms with van der Waals surface area (Å²) in [6, 6.07) is 9.14. The zero-order valence-electron chi connectivity index (χ0n) is 11.7. The first-order valence-electron chi connectivity index (χ1n) is 7.18. The van der Waals surface area contributed by atoms with E-state index in [0.717, 1.165) is 12.3 Å². The zero-order valence-corrected chi connectivity index (χ0v) is 11.7. The normalized spacial score (nSPS) is 23.6. The smallest absolute Gasteiger partial charge is 0.00510 e. The van der Waals surface area contributed by atoms with Crippen molar-refractivity contribution in [3.63, 3.8) is 0 Å². The Morgan fingerprint density at radius 1 is 1.28 bits per heavy atom. The predicted octanol–water partition coefficient (Wildman–Crippen LogP) is 2.78. The van der Waals surface area contributed by atoms with E-state index in [-0.39, 0.29) is 6.04 Å². The molecule has 18 heavy (non-hydrogen) atoms. The quantitative estimate of drug-likeness (QED) is 0.888. The maximum absolute atomic E-state index is 5.97. The summed E-state index contributed by atoms with van der Waals surface area (Å²) in [6.45, 7) is 4.56. The molecular weight excluding hydrogens is 220 g/mol. The molecule has 0 aromatic heterocycles. The monoisotopic (exact) mass is 246 g/mol. The summed E-state index contributed by atoms with van der Waals surface area (Å²) in [6.07, 6.45) is 4.92. The Bertz CT molecular complexity index is 373. The minimum atomic E-state index is 0.250. The lowest BCUT2D eigenvalue weighted by Crippen LogP contribution is -2.20. The van der Waals surface area contributed by atoms with Crippen LogP contribution in [0, 0.1) is 0 Å². The van der Waals surface area contributed by atoms with Crippen LogP contribution in [0.5, 0.6) is 0 Å². The highest BCUT2D eigenvalue weighted by Gasteiger charge is 2.19. The highest BCUT2D eigenvalue weighted by molar-refractivity contribution is 5.31. The maximum Gasteiger partial charge on any atom is 0.00510 e. The first-order chi connectivity index (χ1) is 8.66. The molecule has 2 atom stereocenters. The second-order valence-corrected chi connectivity index (χ2v) is 5.81. The van der Waals surface area contributed by atoms with E-state index >= 15 is 0 Å². The summed E-state index contributed by atoms with van der Waals surface area (Å²) in [5, 5.41) is 0. The van der Waals surface area contributed by atoms with E-state index in [1.807, 2.05) is 0 Å². The number of likely N-dealkylation sites (tertiary alicyclic amines) is 1. The van der Waals surface area contributed by atoms with Gasteiger partial charge in [0.05, 0.1) is 0 Å². The molecule has 0 aliphatic carbocycles. The minimum Gasteiger partial charge on any atom is -0.328 e. The molecule has 2 unspecified atom stereocenters. The minimum absolute atomic E-state index is 0.250. The summed E-state index contributed by atoms with van der Waals surface area (Å²) in [5.41, 5.74) is 8.97. The molecule has 1 saturated heterocycles. The molecule has 2 rings (SSSR count). The summed E-state index contributed by atoms with van der Waals surface area (Å²) < 4.78 is 0. The van der Waals surface area contributed by atoms with Gasteiger partial charge < -0.3 is 10.6 Å². The van der Waals surface area contributed by atoms with Crippen LogP contribution < -0.4 is 5.73 Å². The molecule has 0 spiro atoms. The molecule has 1 aromatic rings. The molecule has 0 bridgehead atoms. The molecular formula is C16H26N2. The van der Waals surface area contributed by atoms with E-state index in [0.29, 0.717) is 0 Å². The molecule has 0 saturated carbocycles. The van der Waals surface area contributed by atoms with Gasteiger partial charge in [-0.25, -0.2) is 0 Å². The van der Waals surface area contributed by atoms with E-state index < -0.39 is 0 Å². The van der Waals surface area contributed by atoms with E-state index in [1.165, 1.54) is 37.9 Å². The van der Waals surface area contributed by atoms with Crippen LogP contribution in [0.15, 0.2) is 24.3 Å². The summed E-state index contributed by atoms with van der Waals surface area (Å²) in [5.74, 6) is 0.727. The summed E-state index contributed by atoms with van der Waals surface area (Å²) in [4.78, 5) is 2.45. The third-order valence-corrected chi connectivity index (χ3v) is 3.99. The van der Waals surface area contributed by atoms with Crippen molar-refractivity contribution in [1.29, 1.82) is 0 Å². The molecule has 1 aromatic carbocycles. The Morgan fingerprint density at radius 3 is 2.83 bits per heavy atom. The van der Waals surface area contributed by atoms with Gasteiger partial charge in [0, 0.05) is 6.04 Å². The first-order valence-corrected chi connectivity index (χ1v) is 7.18. The lowest BCUT2D eigenvalue weighted by molar-refractivity contribution is 0.347. The topological polar surface area (TPSA) is 29.3 Å². The van der Waals surface area contributed by atoms with Crippen molar-refractivity contribution in [1.82, 2.24) is 4.90 Å². The molecule has 1 heterocycles. The molecule has 1 aliphatic heterocycles. The second kappa shape index (κ2) is 6.35. The molecule has 0 radical (unpaired) electrons. The summed E-state index contributed by atoms with van der Waals surface area (Å²) >= 11 is 0.